The molecule has 1 aromatic rings. The van der Waals surface area contributed by atoms with E-state index in [0.29, 0.717) is 17.8 Å². The highest BCUT2D eigenvalue weighted by molar-refractivity contribution is 5.91. The van der Waals surface area contributed by atoms with Crippen molar-refractivity contribution in [2.24, 2.45) is 5.73 Å². The van der Waals surface area contributed by atoms with Crippen LogP contribution in [0.15, 0.2) is 28.9 Å². The Morgan fingerprint density at radius 3 is 2.81 bits per heavy atom. The SMILES string of the molecule is NC1CCN(C2CCN(C(=O)/C=C/c3ccco3)C2)CC1. The smallest absolute Gasteiger partial charge is 0.246 e. The summed E-state index contributed by atoms with van der Waals surface area (Å²) in [6.07, 6.45) is 8.15. The predicted molar refractivity (Wildman–Crippen MR) is 81.5 cm³/mol. The Balaban J connectivity index is 1.51. The van der Waals surface area contributed by atoms with E-state index < -0.39 is 0 Å². The molecule has 2 N–H and O–H groups in total. The minimum Gasteiger partial charge on any atom is -0.465 e. The molecule has 0 aromatic carbocycles. The molecule has 1 aromatic heterocycles. The van der Waals surface area contributed by atoms with Crippen molar-refractivity contribution in [2.45, 2.75) is 31.3 Å². The maximum atomic E-state index is 12.2. The van der Waals surface area contributed by atoms with Gasteiger partial charge in [-0.3, -0.25) is 9.69 Å². The van der Waals surface area contributed by atoms with Crippen molar-refractivity contribution in [3.63, 3.8) is 0 Å². The zero-order valence-electron chi connectivity index (χ0n) is 12.3. The molecular weight excluding hydrogens is 266 g/mol. The first kappa shape index (κ1) is 14.4. The van der Waals surface area contributed by atoms with Crippen LogP contribution in [0.25, 0.3) is 6.08 Å². The lowest BCUT2D eigenvalue weighted by Gasteiger charge is -2.34. The maximum absolute atomic E-state index is 12.2. The summed E-state index contributed by atoms with van der Waals surface area (Å²) in [6.45, 7) is 3.80. The molecule has 3 rings (SSSR count). The predicted octanol–water partition coefficient (Wildman–Crippen LogP) is 1.32. The van der Waals surface area contributed by atoms with Gasteiger partial charge in [-0.1, -0.05) is 0 Å². The van der Waals surface area contributed by atoms with Crippen LogP contribution in [0, 0.1) is 0 Å². The number of hydrogen-bond donors (Lipinski definition) is 1. The fourth-order valence-electron chi connectivity index (χ4n) is 3.17. The second kappa shape index (κ2) is 6.45. The van der Waals surface area contributed by atoms with Crippen LogP contribution in [0.3, 0.4) is 0 Å². The number of carbonyl (C=O) groups is 1. The number of nitrogens with two attached hydrogens (primary N) is 1. The number of amides is 1. The molecular formula is C16H23N3O2. The van der Waals surface area contributed by atoms with Gasteiger partial charge in [0.15, 0.2) is 0 Å². The quantitative estimate of drug-likeness (QED) is 0.852. The third kappa shape index (κ3) is 3.54. The highest BCUT2D eigenvalue weighted by Gasteiger charge is 2.31. The first-order chi connectivity index (χ1) is 10.2. The van der Waals surface area contributed by atoms with Crippen LogP contribution in [-0.2, 0) is 4.79 Å². The molecule has 114 valence electrons. The van der Waals surface area contributed by atoms with E-state index >= 15 is 0 Å². The number of hydrogen-bond acceptors (Lipinski definition) is 4. The van der Waals surface area contributed by atoms with Gasteiger partial charge in [0.05, 0.1) is 6.26 Å². The zero-order valence-corrected chi connectivity index (χ0v) is 12.3. The molecule has 0 bridgehead atoms. The van der Waals surface area contributed by atoms with Crippen molar-refractivity contribution in [1.29, 1.82) is 0 Å². The third-order valence-electron chi connectivity index (χ3n) is 4.50. The molecule has 2 fully saturated rings. The summed E-state index contributed by atoms with van der Waals surface area (Å²) in [7, 11) is 0. The van der Waals surface area contributed by atoms with Crippen LogP contribution < -0.4 is 5.73 Å². The first-order valence-electron chi connectivity index (χ1n) is 7.72. The van der Waals surface area contributed by atoms with Crippen LogP contribution in [-0.4, -0.2) is 54.0 Å². The Labute approximate surface area is 125 Å². The number of furan rings is 1. The summed E-state index contributed by atoms with van der Waals surface area (Å²) in [6, 6.07) is 4.51. The van der Waals surface area contributed by atoms with Crippen molar-refractivity contribution < 1.29 is 9.21 Å². The van der Waals surface area contributed by atoms with Crippen LogP contribution in [0.5, 0.6) is 0 Å². The van der Waals surface area contributed by atoms with Gasteiger partial charge in [0, 0.05) is 31.2 Å². The second-order valence-electron chi connectivity index (χ2n) is 5.95. The average Bonchev–Trinajstić information content (AvgIpc) is 3.17. The summed E-state index contributed by atoms with van der Waals surface area (Å²) in [4.78, 5) is 16.6. The largest absolute Gasteiger partial charge is 0.465 e. The molecule has 0 aliphatic carbocycles. The Morgan fingerprint density at radius 2 is 2.10 bits per heavy atom. The Kier molecular flexibility index (Phi) is 4.41. The van der Waals surface area contributed by atoms with Gasteiger partial charge in [-0.15, -0.1) is 0 Å². The molecule has 1 amide bonds. The number of piperidine rings is 1. The standard InChI is InChI=1S/C16H23N3O2/c17-13-5-8-18(9-6-13)14-7-10-19(12-14)16(20)4-3-15-2-1-11-21-15/h1-4,11,13-14H,5-10,12,17H2/b4-3+. The van der Waals surface area contributed by atoms with Gasteiger partial charge in [0.25, 0.3) is 0 Å². The van der Waals surface area contributed by atoms with Gasteiger partial charge >= 0.3 is 0 Å². The normalized spacial score (nSPS) is 25.0. The lowest BCUT2D eigenvalue weighted by Crippen LogP contribution is -2.46. The minimum absolute atomic E-state index is 0.0719. The van der Waals surface area contributed by atoms with Gasteiger partial charge in [-0.25, -0.2) is 0 Å². The molecule has 2 aliphatic rings. The highest BCUT2D eigenvalue weighted by Crippen LogP contribution is 2.20. The summed E-state index contributed by atoms with van der Waals surface area (Å²) < 4.78 is 5.20. The average molecular weight is 289 g/mol. The van der Waals surface area contributed by atoms with Crippen molar-refractivity contribution >= 4 is 12.0 Å². The number of nitrogens with zero attached hydrogens (tertiary/aromatic N) is 2. The molecule has 0 radical (unpaired) electrons. The van der Waals surface area contributed by atoms with Gasteiger partial charge in [-0.2, -0.15) is 0 Å². The van der Waals surface area contributed by atoms with E-state index in [1.54, 1.807) is 18.4 Å². The monoisotopic (exact) mass is 289 g/mol. The van der Waals surface area contributed by atoms with Gasteiger partial charge in [0.1, 0.15) is 5.76 Å². The molecule has 1 unspecified atom stereocenters. The number of rotatable bonds is 3. The molecule has 3 heterocycles. The van der Waals surface area contributed by atoms with Crippen LogP contribution >= 0.6 is 0 Å². The van der Waals surface area contributed by atoms with E-state index in [9.17, 15) is 4.79 Å². The molecule has 2 saturated heterocycles. The van der Waals surface area contributed by atoms with E-state index in [-0.39, 0.29) is 5.91 Å². The van der Waals surface area contributed by atoms with E-state index in [2.05, 4.69) is 4.90 Å². The number of likely N-dealkylation sites (tertiary alicyclic amines) is 2. The zero-order chi connectivity index (χ0) is 14.7. The fourth-order valence-corrected chi connectivity index (χ4v) is 3.17. The van der Waals surface area contributed by atoms with Gasteiger partial charge < -0.3 is 15.1 Å². The number of carbonyl (C=O) groups excluding carboxylic acids is 1. The second-order valence-corrected chi connectivity index (χ2v) is 5.95. The Bertz CT molecular complexity index is 490. The molecule has 5 nitrogen and oxygen atoms in total. The van der Waals surface area contributed by atoms with E-state index in [1.807, 2.05) is 17.0 Å². The van der Waals surface area contributed by atoms with E-state index in [4.69, 9.17) is 10.2 Å². The summed E-state index contributed by atoms with van der Waals surface area (Å²) in [5.41, 5.74) is 5.95. The Morgan fingerprint density at radius 1 is 1.29 bits per heavy atom. The van der Waals surface area contributed by atoms with Crippen LogP contribution in [0.1, 0.15) is 25.0 Å². The summed E-state index contributed by atoms with van der Waals surface area (Å²) in [5.74, 6) is 0.784. The lowest BCUT2D eigenvalue weighted by atomic mass is 10.0. The lowest BCUT2D eigenvalue weighted by molar-refractivity contribution is -0.125. The van der Waals surface area contributed by atoms with Crippen molar-refractivity contribution in [2.75, 3.05) is 26.2 Å². The molecule has 5 heteroatoms. The molecule has 2 aliphatic heterocycles. The van der Waals surface area contributed by atoms with Gasteiger partial charge in [0.2, 0.25) is 5.91 Å². The molecule has 0 spiro atoms. The minimum atomic E-state index is 0.0719. The van der Waals surface area contributed by atoms with Crippen LogP contribution in [0.4, 0.5) is 0 Å². The van der Waals surface area contributed by atoms with E-state index in [0.717, 1.165) is 45.4 Å². The van der Waals surface area contributed by atoms with Crippen molar-refractivity contribution in [1.82, 2.24) is 9.80 Å². The molecule has 0 saturated carbocycles. The third-order valence-corrected chi connectivity index (χ3v) is 4.50. The Hall–Kier alpha value is -1.59. The van der Waals surface area contributed by atoms with Crippen molar-refractivity contribution in [3.8, 4) is 0 Å². The highest BCUT2D eigenvalue weighted by atomic mass is 16.3. The fraction of sp³-hybridized carbons (Fsp3) is 0.562. The van der Waals surface area contributed by atoms with Gasteiger partial charge in [-0.05, 0) is 50.6 Å². The topological polar surface area (TPSA) is 62.7 Å². The first-order valence-corrected chi connectivity index (χ1v) is 7.72. The van der Waals surface area contributed by atoms with E-state index in [1.165, 1.54) is 0 Å². The molecule has 21 heavy (non-hydrogen) atoms. The molecule has 1 atom stereocenters. The van der Waals surface area contributed by atoms with Crippen LogP contribution in [0.2, 0.25) is 0 Å². The van der Waals surface area contributed by atoms with Crippen molar-refractivity contribution in [3.05, 3.63) is 30.2 Å². The maximum Gasteiger partial charge on any atom is 0.246 e. The summed E-state index contributed by atoms with van der Waals surface area (Å²) in [5, 5.41) is 0. The summed E-state index contributed by atoms with van der Waals surface area (Å²) >= 11 is 0.